The van der Waals surface area contributed by atoms with Gasteiger partial charge >= 0.3 is 0 Å². The van der Waals surface area contributed by atoms with E-state index in [0.29, 0.717) is 11.3 Å². The molecule has 2 atom stereocenters. The third-order valence-electron chi connectivity index (χ3n) is 3.30. The molecule has 0 bridgehead atoms. The van der Waals surface area contributed by atoms with Crippen molar-refractivity contribution in [2.75, 3.05) is 38.5 Å². The highest BCUT2D eigenvalue weighted by Crippen LogP contribution is 2.38. The van der Waals surface area contributed by atoms with E-state index in [4.69, 9.17) is 9.47 Å². The van der Waals surface area contributed by atoms with Crippen LogP contribution in [0.1, 0.15) is 11.6 Å². The van der Waals surface area contributed by atoms with Crippen molar-refractivity contribution in [1.29, 1.82) is 0 Å². The lowest BCUT2D eigenvalue weighted by atomic mass is 10.0. The first kappa shape index (κ1) is 14.9. The smallest absolute Gasteiger partial charge is 0.123 e. The van der Waals surface area contributed by atoms with Gasteiger partial charge < -0.3 is 14.8 Å². The topological polar surface area (TPSA) is 30.5 Å². The molecule has 0 aliphatic carbocycles. The van der Waals surface area contributed by atoms with Gasteiger partial charge in [0.15, 0.2) is 0 Å². The lowest BCUT2D eigenvalue weighted by molar-refractivity contribution is 0.391. The molecule has 5 heteroatoms. The molecule has 0 aromatic heterocycles. The minimum absolute atomic E-state index is 0.294. The van der Waals surface area contributed by atoms with Crippen molar-refractivity contribution in [2.45, 2.75) is 11.3 Å². The molecule has 1 aliphatic heterocycles. The van der Waals surface area contributed by atoms with Gasteiger partial charge in [-0.15, -0.1) is 0 Å². The Morgan fingerprint density at radius 1 is 1.26 bits per heavy atom. The molecule has 3 nitrogen and oxygen atoms in total. The minimum Gasteiger partial charge on any atom is -0.497 e. The average Bonchev–Trinajstić information content (AvgIpc) is 2.49. The van der Waals surface area contributed by atoms with Crippen molar-refractivity contribution >= 4 is 23.5 Å². The molecule has 2 rings (SSSR count). The summed E-state index contributed by atoms with van der Waals surface area (Å²) in [6, 6.07) is 6.31. The van der Waals surface area contributed by atoms with Crippen LogP contribution in [0.15, 0.2) is 18.2 Å². The van der Waals surface area contributed by atoms with E-state index in [-0.39, 0.29) is 0 Å². The molecule has 1 heterocycles. The summed E-state index contributed by atoms with van der Waals surface area (Å²) < 4.78 is 10.8. The zero-order chi connectivity index (χ0) is 13.7. The third kappa shape index (κ3) is 3.52. The summed E-state index contributed by atoms with van der Waals surface area (Å²) in [4.78, 5) is 0. The van der Waals surface area contributed by atoms with Crippen molar-refractivity contribution < 1.29 is 9.47 Å². The molecular weight excluding hydrogens is 278 g/mol. The summed E-state index contributed by atoms with van der Waals surface area (Å²) in [5.41, 5.74) is 1.18. The number of benzene rings is 1. The van der Waals surface area contributed by atoms with Crippen LogP contribution in [0.2, 0.25) is 0 Å². The van der Waals surface area contributed by atoms with Gasteiger partial charge in [0.25, 0.3) is 0 Å². The van der Waals surface area contributed by atoms with Crippen LogP contribution in [0.5, 0.6) is 11.5 Å². The van der Waals surface area contributed by atoms with Crippen molar-refractivity contribution in [3.05, 3.63) is 23.8 Å². The summed E-state index contributed by atoms with van der Waals surface area (Å²) in [6.45, 7) is 0. The van der Waals surface area contributed by atoms with Gasteiger partial charge in [-0.05, 0) is 25.2 Å². The lowest BCUT2D eigenvalue weighted by Crippen LogP contribution is -2.31. The zero-order valence-corrected chi connectivity index (χ0v) is 13.3. The quantitative estimate of drug-likeness (QED) is 0.903. The molecule has 1 aromatic carbocycles. The molecular formula is C14H21NO2S2. The van der Waals surface area contributed by atoms with Gasteiger partial charge in [-0.1, -0.05) is 0 Å². The SMILES string of the molecule is CNC(c1cc(OC)ccc1OC)C1CSCCS1. The number of hydrogen-bond acceptors (Lipinski definition) is 5. The average molecular weight is 299 g/mol. The Morgan fingerprint density at radius 2 is 2.11 bits per heavy atom. The minimum atomic E-state index is 0.294. The summed E-state index contributed by atoms with van der Waals surface area (Å²) in [6.07, 6.45) is 0. The van der Waals surface area contributed by atoms with Crippen molar-refractivity contribution in [2.24, 2.45) is 0 Å². The predicted molar refractivity (Wildman–Crippen MR) is 84.9 cm³/mol. The van der Waals surface area contributed by atoms with Crippen LogP contribution < -0.4 is 14.8 Å². The molecule has 1 aliphatic rings. The summed E-state index contributed by atoms with van der Waals surface area (Å²) in [5, 5.41) is 4.02. The number of hydrogen-bond donors (Lipinski definition) is 1. The van der Waals surface area contributed by atoms with Crippen LogP contribution in [0.4, 0.5) is 0 Å². The van der Waals surface area contributed by atoms with Crippen LogP contribution in [-0.2, 0) is 0 Å². The number of ether oxygens (including phenoxy) is 2. The number of thioether (sulfide) groups is 2. The number of nitrogens with one attached hydrogen (secondary N) is 1. The van der Waals surface area contributed by atoms with Crippen LogP contribution >= 0.6 is 23.5 Å². The fraction of sp³-hybridized carbons (Fsp3) is 0.571. The maximum Gasteiger partial charge on any atom is 0.123 e. The van der Waals surface area contributed by atoms with Gasteiger partial charge in [0.05, 0.1) is 14.2 Å². The Kier molecular flexibility index (Phi) is 5.73. The normalized spacial score (nSPS) is 20.9. The first-order chi connectivity index (χ1) is 9.30. The van der Waals surface area contributed by atoms with E-state index in [1.165, 1.54) is 22.8 Å². The maximum absolute atomic E-state index is 5.51. The highest BCUT2D eigenvalue weighted by molar-refractivity contribution is 8.06. The largest absolute Gasteiger partial charge is 0.497 e. The standard InChI is InChI=1S/C14H21NO2S2/c1-15-14(13-9-18-6-7-19-13)11-8-10(16-2)4-5-12(11)17-3/h4-5,8,13-15H,6-7,9H2,1-3H3. The van der Waals surface area contributed by atoms with Gasteiger partial charge in [-0.25, -0.2) is 0 Å². The summed E-state index contributed by atoms with van der Waals surface area (Å²) >= 11 is 4.08. The maximum atomic E-state index is 5.51. The molecule has 0 radical (unpaired) electrons. The second-order valence-electron chi connectivity index (χ2n) is 4.36. The van der Waals surface area contributed by atoms with E-state index >= 15 is 0 Å². The molecule has 2 unspecified atom stereocenters. The van der Waals surface area contributed by atoms with Crippen LogP contribution in [-0.4, -0.2) is 43.8 Å². The second kappa shape index (κ2) is 7.31. The van der Waals surface area contributed by atoms with Crippen LogP contribution in [0, 0.1) is 0 Å². The summed E-state index contributed by atoms with van der Waals surface area (Å²) in [7, 11) is 5.44. The predicted octanol–water partition coefficient (Wildman–Crippen LogP) is 2.81. The summed E-state index contributed by atoms with van der Waals surface area (Å²) in [5.74, 6) is 5.46. The molecule has 1 fully saturated rings. The van der Waals surface area contributed by atoms with E-state index in [2.05, 4.69) is 11.4 Å². The Hall–Kier alpha value is -0.520. The van der Waals surface area contributed by atoms with Gasteiger partial charge in [-0.2, -0.15) is 23.5 Å². The molecule has 0 amide bonds. The van der Waals surface area contributed by atoms with Gasteiger partial charge in [-0.3, -0.25) is 0 Å². The first-order valence-electron chi connectivity index (χ1n) is 6.38. The van der Waals surface area contributed by atoms with E-state index in [9.17, 15) is 0 Å². The van der Waals surface area contributed by atoms with Gasteiger partial charge in [0.2, 0.25) is 0 Å². The number of methoxy groups -OCH3 is 2. The van der Waals surface area contributed by atoms with Crippen LogP contribution in [0.25, 0.3) is 0 Å². The highest BCUT2D eigenvalue weighted by Gasteiger charge is 2.27. The fourth-order valence-electron chi connectivity index (χ4n) is 2.32. The fourth-order valence-corrected chi connectivity index (χ4v) is 5.22. The molecule has 1 saturated heterocycles. The third-order valence-corrected chi connectivity index (χ3v) is 6.16. The Bertz CT molecular complexity index is 408. The Balaban J connectivity index is 2.29. The second-order valence-corrected chi connectivity index (χ2v) is 6.86. The van der Waals surface area contributed by atoms with Crippen molar-refractivity contribution in [3.8, 4) is 11.5 Å². The van der Waals surface area contributed by atoms with Crippen molar-refractivity contribution in [1.82, 2.24) is 5.32 Å². The zero-order valence-electron chi connectivity index (χ0n) is 11.6. The van der Waals surface area contributed by atoms with Crippen LogP contribution in [0.3, 0.4) is 0 Å². The lowest BCUT2D eigenvalue weighted by Gasteiger charge is -2.30. The number of rotatable bonds is 5. The van der Waals surface area contributed by atoms with E-state index in [1.807, 2.05) is 42.7 Å². The van der Waals surface area contributed by atoms with Gasteiger partial charge in [0, 0.05) is 34.1 Å². The molecule has 106 valence electrons. The first-order valence-corrected chi connectivity index (χ1v) is 8.59. The van der Waals surface area contributed by atoms with E-state index < -0.39 is 0 Å². The molecule has 0 saturated carbocycles. The molecule has 1 N–H and O–H groups in total. The molecule has 19 heavy (non-hydrogen) atoms. The van der Waals surface area contributed by atoms with Crippen molar-refractivity contribution in [3.63, 3.8) is 0 Å². The molecule has 0 spiro atoms. The van der Waals surface area contributed by atoms with Gasteiger partial charge in [0.1, 0.15) is 11.5 Å². The highest BCUT2D eigenvalue weighted by atomic mass is 32.2. The molecule has 1 aromatic rings. The Morgan fingerprint density at radius 3 is 2.68 bits per heavy atom. The Labute approximate surface area is 123 Å². The monoisotopic (exact) mass is 299 g/mol. The van der Waals surface area contributed by atoms with E-state index in [1.54, 1.807) is 14.2 Å². The van der Waals surface area contributed by atoms with E-state index in [0.717, 1.165) is 11.5 Å².